The summed E-state index contributed by atoms with van der Waals surface area (Å²) in [7, 11) is 1.74. The molecule has 0 spiro atoms. The number of aryl methyl sites for hydroxylation is 2. The van der Waals surface area contributed by atoms with Gasteiger partial charge in [-0.25, -0.2) is 0 Å². The first kappa shape index (κ1) is 14.8. The second-order valence-electron chi connectivity index (χ2n) is 4.64. The van der Waals surface area contributed by atoms with Crippen molar-refractivity contribution in [3.8, 4) is 11.8 Å². The highest BCUT2D eigenvalue weighted by atomic mass is 16.2. The lowest BCUT2D eigenvalue weighted by Crippen LogP contribution is -2.25. The van der Waals surface area contributed by atoms with Crippen molar-refractivity contribution in [1.29, 1.82) is 0 Å². The van der Waals surface area contributed by atoms with Gasteiger partial charge in [0, 0.05) is 19.2 Å². The molecule has 0 aliphatic rings. The first-order valence-electron chi connectivity index (χ1n) is 6.57. The molecule has 0 unspecified atom stereocenters. The van der Waals surface area contributed by atoms with Crippen LogP contribution in [0.3, 0.4) is 0 Å². The zero-order valence-corrected chi connectivity index (χ0v) is 12.1. The summed E-state index contributed by atoms with van der Waals surface area (Å²) in [5, 5.41) is 15.7. The Labute approximate surface area is 123 Å². The summed E-state index contributed by atoms with van der Waals surface area (Å²) in [5.74, 6) is 5.28. The van der Waals surface area contributed by atoms with Gasteiger partial charge < -0.3 is 10.4 Å². The van der Waals surface area contributed by atoms with Gasteiger partial charge in [-0.05, 0) is 30.7 Å². The number of hydrogen-bond donors (Lipinski definition) is 2. The molecular formula is C16H17N3O2. The summed E-state index contributed by atoms with van der Waals surface area (Å²) in [6.45, 7) is 2.10. The molecule has 2 rings (SSSR count). The van der Waals surface area contributed by atoms with Crippen LogP contribution in [0.1, 0.15) is 27.3 Å². The number of benzene rings is 1. The van der Waals surface area contributed by atoms with Gasteiger partial charge >= 0.3 is 0 Å². The molecule has 21 heavy (non-hydrogen) atoms. The lowest BCUT2D eigenvalue weighted by atomic mass is 10.1. The maximum Gasteiger partial charge on any atom is 0.269 e. The van der Waals surface area contributed by atoms with Crippen LogP contribution in [0.25, 0.3) is 0 Å². The number of amides is 1. The molecule has 1 aromatic carbocycles. The van der Waals surface area contributed by atoms with Crippen LogP contribution in [0, 0.1) is 18.8 Å². The highest BCUT2D eigenvalue weighted by Crippen LogP contribution is 2.06. The van der Waals surface area contributed by atoms with E-state index in [2.05, 4.69) is 22.3 Å². The van der Waals surface area contributed by atoms with E-state index < -0.39 is 0 Å². The minimum Gasteiger partial charge on any atom is -0.384 e. The molecule has 1 heterocycles. The average molecular weight is 283 g/mol. The largest absolute Gasteiger partial charge is 0.384 e. The van der Waals surface area contributed by atoms with Crippen molar-refractivity contribution >= 4 is 5.91 Å². The van der Waals surface area contributed by atoms with Crippen molar-refractivity contribution < 1.29 is 9.90 Å². The van der Waals surface area contributed by atoms with E-state index in [1.807, 2.05) is 31.2 Å². The van der Waals surface area contributed by atoms with Crippen LogP contribution in [0.4, 0.5) is 0 Å². The Morgan fingerprint density at radius 2 is 2.24 bits per heavy atom. The Balaban J connectivity index is 2.03. The van der Waals surface area contributed by atoms with E-state index in [1.54, 1.807) is 17.8 Å². The topological polar surface area (TPSA) is 67.2 Å². The van der Waals surface area contributed by atoms with Gasteiger partial charge in [-0.2, -0.15) is 5.10 Å². The summed E-state index contributed by atoms with van der Waals surface area (Å²) >= 11 is 0. The number of hydrogen-bond acceptors (Lipinski definition) is 3. The van der Waals surface area contributed by atoms with Gasteiger partial charge in [0.05, 0.1) is 5.69 Å². The van der Waals surface area contributed by atoms with Crippen LogP contribution in [0.2, 0.25) is 0 Å². The second-order valence-corrected chi connectivity index (χ2v) is 4.64. The fourth-order valence-electron chi connectivity index (χ4n) is 2.00. The lowest BCUT2D eigenvalue weighted by molar-refractivity contribution is 0.0941. The minimum atomic E-state index is -0.166. The quantitative estimate of drug-likeness (QED) is 0.826. The van der Waals surface area contributed by atoms with Crippen molar-refractivity contribution in [3.05, 3.63) is 52.8 Å². The van der Waals surface area contributed by atoms with E-state index in [4.69, 9.17) is 5.11 Å². The fraction of sp³-hybridized carbons (Fsp3) is 0.250. The average Bonchev–Trinajstić information content (AvgIpc) is 2.82. The SMILES string of the molecule is Cc1cc(C(=O)NCc2cccc(C#CCO)c2)n(C)n1. The number of rotatable bonds is 3. The summed E-state index contributed by atoms with van der Waals surface area (Å²) in [5.41, 5.74) is 3.10. The molecule has 5 nitrogen and oxygen atoms in total. The first-order valence-corrected chi connectivity index (χ1v) is 6.57. The van der Waals surface area contributed by atoms with Crippen LogP contribution in [-0.2, 0) is 13.6 Å². The van der Waals surface area contributed by atoms with Crippen LogP contribution in [0.15, 0.2) is 30.3 Å². The normalized spacial score (nSPS) is 9.86. The van der Waals surface area contributed by atoms with Crippen molar-refractivity contribution in [2.75, 3.05) is 6.61 Å². The molecule has 0 aliphatic carbocycles. The van der Waals surface area contributed by atoms with Crippen molar-refractivity contribution in [2.24, 2.45) is 7.05 Å². The Bertz CT molecular complexity index is 708. The number of aliphatic hydroxyl groups excluding tert-OH is 1. The molecule has 1 aromatic heterocycles. The van der Waals surface area contributed by atoms with Crippen LogP contribution < -0.4 is 5.32 Å². The number of carbonyl (C=O) groups is 1. The third-order valence-electron chi connectivity index (χ3n) is 2.93. The molecule has 2 N–H and O–H groups in total. The third kappa shape index (κ3) is 3.94. The van der Waals surface area contributed by atoms with Crippen LogP contribution in [0.5, 0.6) is 0 Å². The Kier molecular flexibility index (Phi) is 4.75. The second kappa shape index (κ2) is 6.73. The zero-order chi connectivity index (χ0) is 15.2. The van der Waals surface area contributed by atoms with Gasteiger partial charge in [-0.15, -0.1) is 0 Å². The Hall–Kier alpha value is -2.58. The molecule has 0 saturated heterocycles. The number of nitrogens with one attached hydrogen (secondary N) is 1. The van der Waals surface area contributed by atoms with E-state index in [0.29, 0.717) is 12.2 Å². The number of aromatic nitrogens is 2. The van der Waals surface area contributed by atoms with E-state index in [9.17, 15) is 4.79 Å². The van der Waals surface area contributed by atoms with Gasteiger partial charge in [0.1, 0.15) is 12.3 Å². The molecule has 1 amide bonds. The highest BCUT2D eigenvalue weighted by Gasteiger charge is 2.11. The van der Waals surface area contributed by atoms with E-state index in [0.717, 1.165) is 16.8 Å². The molecule has 5 heteroatoms. The van der Waals surface area contributed by atoms with Gasteiger partial charge in [-0.1, -0.05) is 24.0 Å². The maximum atomic E-state index is 12.1. The summed E-state index contributed by atoms with van der Waals surface area (Å²) < 4.78 is 1.56. The number of nitrogens with zero attached hydrogens (tertiary/aromatic N) is 2. The summed E-state index contributed by atoms with van der Waals surface area (Å²) in [4.78, 5) is 12.1. The lowest BCUT2D eigenvalue weighted by Gasteiger charge is -2.06. The maximum absolute atomic E-state index is 12.1. The molecule has 0 atom stereocenters. The van der Waals surface area contributed by atoms with Crippen LogP contribution in [-0.4, -0.2) is 27.4 Å². The molecule has 0 fully saturated rings. The monoisotopic (exact) mass is 283 g/mol. The summed E-state index contributed by atoms with van der Waals surface area (Å²) in [6.07, 6.45) is 0. The van der Waals surface area contributed by atoms with Crippen molar-refractivity contribution in [3.63, 3.8) is 0 Å². The van der Waals surface area contributed by atoms with E-state index in [-0.39, 0.29) is 12.5 Å². The molecule has 0 radical (unpaired) electrons. The van der Waals surface area contributed by atoms with E-state index >= 15 is 0 Å². The predicted molar refractivity (Wildman–Crippen MR) is 79.5 cm³/mol. The standard InChI is InChI=1S/C16H17N3O2/c1-12-9-15(19(2)18-12)16(21)17-11-14-6-3-5-13(10-14)7-4-8-20/h3,5-6,9-10,20H,8,11H2,1-2H3,(H,17,21). The highest BCUT2D eigenvalue weighted by molar-refractivity contribution is 5.92. The Morgan fingerprint density at radius 3 is 2.90 bits per heavy atom. The summed E-state index contributed by atoms with van der Waals surface area (Å²) in [6, 6.07) is 9.28. The molecule has 0 aliphatic heterocycles. The molecule has 108 valence electrons. The van der Waals surface area contributed by atoms with Gasteiger partial charge in [-0.3, -0.25) is 9.48 Å². The number of aliphatic hydroxyl groups is 1. The van der Waals surface area contributed by atoms with Gasteiger partial charge in [0.25, 0.3) is 5.91 Å². The molecular weight excluding hydrogens is 266 g/mol. The first-order chi connectivity index (χ1) is 10.1. The smallest absolute Gasteiger partial charge is 0.269 e. The van der Waals surface area contributed by atoms with E-state index in [1.165, 1.54) is 0 Å². The predicted octanol–water partition coefficient (Wildman–Crippen LogP) is 1.00. The molecule has 2 aromatic rings. The number of carbonyl (C=O) groups excluding carboxylic acids is 1. The van der Waals surface area contributed by atoms with Gasteiger partial charge in [0.2, 0.25) is 0 Å². The third-order valence-corrected chi connectivity index (χ3v) is 2.93. The van der Waals surface area contributed by atoms with Crippen molar-refractivity contribution in [1.82, 2.24) is 15.1 Å². The zero-order valence-electron chi connectivity index (χ0n) is 12.1. The van der Waals surface area contributed by atoms with Crippen molar-refractivity contribution in [2.45, 2.75) is 13.5 Å². The van der Waals surface area contributed by atoms with Gasteiger partial charge in [0.15, 0.2) is 0 Å². The molecule has 0 bridgehead atoms. The molecule has 0 saturated carbocycles. The minimum absolute atomic E-state index is 0.162. The Morgan fingerprint density at radius 1 is 1.43 bits per heavy atom. The fourth-order valence-corrected chi connectivity index (χ4v) is 2.00. The van der Waals surface area contributed by atoms with Crippen LogP contribution >= 0.6 is 0 Å².